The molecule has 2 atom stereocenters. The van der Waals surface area contributed by atoms with Crippen molar-refractivity contribution in [1.82, 2.24) is 14.9 Å². The highest BCUT2D eigenvalue weighted by Crippen LogP contribution is 2.34. The molecule has 0 saturated carbocycles. The molecular formula is C14H25N3S. The predicted octanol–water partition coefficient (Wildman–Crippen LogP) is 3.23. The van der Waals surface area contributed by atoms with Crippen LogP contribution in [0.1, 0.15) is 51.4 Å². The fourth-order valence-electron chi connectivity index (χ4n) is 2.58. The quantitative estimate of drug-likeness (QED) is 0.858. The zero-order valence-corrected chi connectivity index (χ0v) is 12.4. The van der Waals surface area contributed by atoms with Gasteiger partial charge in [0.05, 0.1) is 6.04 Å². The zero-order valence-electron chi connectivity index (χ0n) is 11.6. The van der Waals surface area contributed by atoms with E-state index in [2.05, 4.69) is 46.7 Å². The maximum absolute atomic E-state index is 4.60. The Morgan fingerprint density at radius 1 is 1.50 bits per heavy atom. The number of aromatic nitrogens is 2. The molecule has 0 bridgehead atoms. The Labute approximate surface area is 115 Å². The SMILES string of the molecule is CCCNC(c1nccn1CC)C1CCCCS1. The van der Waals surface area contributed by atoms with E-state index in [4.69, 9.17) is 0 Å². The van der Waals surface area contributed by atoms with Crippen molar-refractivity contribution in [2.24, 2.45) is 0 Å². The van der Waals surface area contributed by atoms with Crippen LogP contribution in [0.4, 0.5) is 0 Å². The topological polar surface area (TPSA) is 29.9 Å². The van der Waals surface area contributed by atoms with E-state index in [1.165, 1.54) is 37.3 Å². The Morgan fingerprint density at radius 3 is 3.06 bits per heavy atom. The highest BCUT2D eigenvalue weighted by atomic mass is 32.2. The summed E-state index contributed by atoms with van der Waals surface area (Å²) in [5, 5.41) is 4.40. The van der Waals surface area contributed by atoms with Gasteiger partial charge in [-0.2, -0.15) is 11.8 Å². The van der Waals surface area contributed by atoms with Gasteiger partial charge < -0.3 is 9.88 Å². The van der Waals surface area contributed by atoms with Crippen molar-refractivity contribution in [1.29, 1.82) is 0 Å². The van der Waals surface area contributed by atoms with Gasteiger partial charge in [0, 0.05) is 24.2 Å². The molecule has 0 aromatic carbocycles. The molecule has 1 aliphatic heterocycles. The Hall–Kier alpha value is -0.480. The van der Waals surface area contributed by atoms with Gasteiger partial charge >= 0.3 is 0 Å². The van der Waals surface area contributed by atoms with Gasteiger partial charge in [-0.1, -0.05) is 13.3 Å². The van der Waals surface area contributed by atoms with E-state index >= 15 is 0 Å². The molecule has 1 aromatic rings. The lowest BCUT2D eigenvalue weighted by molar-refractivity contribution is 0.444. The fraction of sp³-hybridized carbons (Fsp3) is 0.786. The lowest BCUT2D eigenvalue weighted by Gasteiger charge is -2.30. The summed E-state index contributed by atoms with van der Waals surface area (Å²) in [7, 11) is 0. The van der Waals surface area contributed by atoms with Gasteiger partial charge in [0.15, 0.2) is 0 Å². The van der Waals surface area contributed by atoms with Crippen molar-refractivity contribution >= 4 is 11.8 Å². The van der Waals surface area contributed by atoms with Crippen LogP contribution in [0.5, 0.6) is 0 Å². The predicted molar refractivity (Wildman–Crippen MR) is 79.0 cm³/mol. The molecule has 0 amide bonds. The zero-order chi connectivity index (χ0) is 12.8. The van der Waals surface area contributed by atoms with Crippen LogP contribution in [0, 0.1) is 0 Å². The monoisotopic (exact) mass is 267 g/mol. The average Bonchev–Trinajstić information content (AvgIpc) is 2.89. The average molecular weight is 267 g/mol. The summed E-state index contributed by atoms with van der Waals surface area (Å²) in [5.74, 6) is 2.53. The minimum Gasteiger partial charge on any atom is -0.334 e. The summed E-state index contributed by atoms with van der Waals surface area (Å²) < 4.78 is 2.28. The van der Waals surface area contributed by atoms with Gasteiger partial charge in [0.1, 0.15) is 5.82 Å². The summed E-state index contributed by atoms with van der Waals surface area (Å²) in [6.45, 7) is 6.51. The standard InChI is InChI=1S/C14H25N3S/c1-3-8-15-13(12-7-5-6-11-18-12)14-16-9-10-17(14)4-2/h9-10,12-13,15H,3-8,11H2,1-2H3. The Kier molecular flexibility index (Phi) is 5.57. The number of hydrogen-bond acceptors (Lipinski definition) is 3. The van der Waals surface area contributed by atoms with Crippen molar-refractivity contribution in [2.75, 3.05) is 12.3 Å². The second kappa shape index (κ2) is 7.19. The summed E-state index contributed by atoms with van der Waals surface area (Å²) in [6.07, 6.45) is 9.29. The highest BCUT2D eigenvalue weighted by molar-refractivity contribution is 8.00. The first kappa shape index (κ1) is 13.9. The van der Waals surface area contributed by atoms with Gasteiger partial charge in [0.25, 0.3) is 0 Å². The molecule has 1 aliphatic rings. The molecule has 3 nitrogen and oxygen atoms in total. The fourth-order valence-corrected chi connectivity index (χ4v) is 4.00. The van der Waals surface area contributed by atoms with Crippen LogP contribution in [-0.2, 0) is 6.54 Å². The van der Waals surface area contributed by atoms with E-state index in [1.54, 1.807) is 0 Å². The molecule has 102 valence electrons. The van der Waals surface area contributed by atoms with Crippen LogP contribution >= 0.6 is 11.8 Å². The Bertz CT molecular complexity index is 345. The Morgan fingerprint density at radius 2 is 2.39 bits per heavy atom. The Balaban J connectivity index is 2.12. The van der Waals surface area contributed by atoms with Crippen molar-refractivity contribution in [3.05, 3.63) is 18.2 Å². The molecule has 18 heavy (non-hydrogen) atoms. The molecule has 4 heteroatoms. The van der Waals surface area contributed by atoms with Crippen LogP contribution in [0.2, 0.25) is 0 Å². The maximum Gasteiger partial charge on any atom is 0.126 e. The molecule has 0 aliphatic carbocycles. The van der Waals surface area contributed by atoms with Crippen molar-refractivity contribution in [2.45, 2.75) is 57.4 Å². The first-order valence-electron chi connectivity index (χ1n) is 7.22. The van der Waals surface area contributed by atoms with Gasteiger partial charge in [0.2, 0.25) is 0 Å². The van der Waals surface area contributed by atoms with Crippen LogP contribution in [-0.4, -0.2) is 27.1 Å². The van der Waals surface area contributed by atoms with E-state index < -0.39 is 0 Å². The number of rotatable bonds is 6. The third-order valence-corrected chi connectivity index (χ3v) is 5.03. The van der Waals surface area contributed by atoms with E-state index in [9.17, 15) is 0 Å². The smallest absolute Gasteiger partial charge is 0.126 e. The van der Waals surface area contributed by atoms with Crippen LogP contribution in [0.3, 0.4) is 0 Å². The third kappa shape index (κ3) is 3.29. The second-order valence-corrected chi connectivity index (χ2v) is 6.26. The summed E-state index contributed by atoms with van der Waals surface area (Å²) in [6, 6.07) is 0.421. The van der Waals surface area contributed by atoms with Crippen molar-refractivity contribution < 1.29 is 0 Å². The minimum atomic E-state index is 0.421. The molecule has 1 aromatic heterocycles. The van der Waals surface area contributed by atoms with Crippen LogP contribution < -0.4 is 5.32 Å². The highest BCUT2D eigenvalue weighted by Gasteiger charge is 2.27. The molecule has 1 N–H and O–H groups in total. The molecular weight excluding hydrogens is 242 g/mol. The number of nitrogens with one attached hydrogen (secondary N) is 1. The van der Waals surface area contributed by atoms with E-state index in [-0.39, 0.29) is 0 Å². The summed E-state index contributed by atoms with van der Waals surface area (Å²) >= 11 is 2.12. The lowest BCUT2D eigenvalue weighted by atomic mass is 10.1. The molecule has 2 unspecified atom stereocenters. The first-order valence-corrected chi connectivity index (χ1v) is 8.27. The van der Waals surface area contributed by atoms with Crippen LogP contribution in [0.25, 0.3) is 0 Å². The minimum absolute atomic E-state index is 0.421. The molecule has 1 saturated heterocycles. The number of aryl methyl sites for hydroxylation is 1. The first-order chi connectivity index (χ1) is 8.86. The van der Waals surface area contributed by atoms with Gasteiger partial charge in [-0.05, 0) is 38.5 Å². The normalized spacial score (nSPS) is 22.0. The van der Waals surface area contributed by atoms with E-state index in [0.29, 0.717) is 11.3 Å². The molecule has 2 heterocycles. The second-order valence-electron chi connectivity index (χ2n) is 4.91. The number of thioether (sulfide) groups is 1. The number of nitrogens with zero attached hydrogens (tertiary/aromatic N) is 2. The molecule has 1 fully saturated rings. The van der Waals surface area contributed by atoms with Gasteiger partial charge in [-0.25, -0.2) is 4.98 Å². The number of imidazole rings is 1. The third-order valence-electron chi connectivity index (χ3n) is 3.57. The van der Waals surface area contributed by atoms with Crippen molar-refractivity contribution in [3.8, 4) is 0 Å². The summed E-state index contributed by atoms with van der Waals surface area (Å²) in [5.41, 5.74) is 0. The maximum atomic E-state index is 4.60. The molecule has 2 rings (SSSR count). The lowest BCUT2D eigenvalue weighted by Crippen LogP contribution is -2.34. The van der Waals surface area contributed by atoms with Gasteiger partial charge in [-0.15, -0.1) is 0 Å². The van der Waals surface area contributed by atoms with Crippen LogP contribution in [0.15, 0.2) is 12.4 Å². The largest absolute Gasteiger partial charge is 0.334 e. The van der Waals surface area contributed by atoms with E-state index in [0.717, 1.165) is 13.1 Å². The number of hydrogen-bond donors (Lipinski definition) is 1. The molecule has 0 spiro atoms. The summed E-state index contributed by atoms with van der Waals surface area (Å²) in [4.78, 5) is 4.60. The van der Waals surface area contributed by atoms with E-state index in [1.807, 2.05) is 6.20 Å². The van der Waals surface area contributed by atoms with Gasteiger partial charge in [-0.3, -0.25) is 0 Å². The van der Waals surface area contributed by atoms with Crippen molar-refractivity contribution in [3.63, 3.8) is 0 Å². The molecule has 0 radical (unpaired) electrons.